The minimum absolute atomic E-state index is 0.214. The molecule has 0 bridgehead atoms. The van der Waals surface area contributed by atoms with Crippen molar-refractivity contribution in [1.29, 1.82) is 0 Å². The molecule has 0 aromatic carbocycles. The Labute approximate surface area is 67.3 Å². The quantitative estimate of drug-likeness (QED) is 0.519. The molecule has 2 atom stereocenters. The zero-order valence-electron chi connectivity index (χ0n) is 6.53. The molecule has 0 heterocycles. The van der Waals surface area contributed by atoms with Crippen LogP contribution in [0.3, 0.4) is 0 Å². The van der Waals surface area contributed by atoms with Gasteiger partial charge in [-0.2, -0.15) is 0 Å². The summed E-state index contributed by atoms with van der Waals surface area (Å²) in [5.41, 5.74) is 7.41. The van der Waals surface area contributed by atoms with Crippen molar-refractivity contribution in [2.75, 3.05) is 0 Å². The second kappa shape index (κ2) is 2.67. The largest absolute Gasteiger partial charge is 0.324 e. The average Bonchev–Trinajstić information content (AvgIpc) is 2.06. The van der Waals surface area contributed by atoms with Gasteiger partial charge >= 0.3 is 0 Å². The van der Waals surface area contributed by atoms with Crippen LogP contribution in [0.15, 0.2) is 36.0 Å². The fourth-order valence-corrected chi connectivity index (χ4v) is 1.78. The van der Waals surface area contributed by atoms with E-state index in [9.17, 15) is 0 Å². The Kier molecular flexibility index (Phi) is 1.66. The van der Waals surface area contributed by atoms with Crippen LogP contribution in [0.1, 0.15) is 12.8 Å². The van der Waals surface area contributed by atoms with Gasteiger partial charge < -0.3 is 5.73 Å². The molecule has 2 aliphatic carbocycles. The normalized spacial score (nSPS) is 34.8. The molecular formula is C10H13N. The molecule has 1 nitrogen and oxygen atoms in total. The lowest BCUT2D eigenvalue weighted by molar-refractivity contribution is 0.603. The highest BCUT2D eigenvalue weighted by atomic mass is 14.6. The first-order chi connectivity index (χ1) is 5.38. The monoisotopic (exact) mass is 147 g/mol. The molecule has 1 heteroatoms. The molecule has 58 valence electrons. The number of rotatable bonds is 0. The van der Waals surface area contributed by atoms with Gasteiger partial charge in [-0.1, -0.05) is 36.0 Å². The van der Waals surface area contributed by atoms with E-state index in [2.05, 4.69) is 30.4 Å². The van der Waals surface area contributed by atoms with Gasteiger partial charge in [0, 0.05) is 12.0 Å². The fraction of sp³-hybridized carbons (Fsp3) is 0.400. The van der Waals surface area contributed by atoms with Crippen LogP contribution in [0.2, 0.25) is 0 Å². The van der Waals surface area contributed by atoms with Crippen molar-refractivity contribution in [1.82, 2.24) is 0 Å². The van der Waals surface area contributed by atoms with E-state index in [0.29, 0.717) is 5.92 Å². The van der Waals surface area contributed by atoms with Crippen LogP contribution in [0.25, 0.3) is 0 Å². The van der Waals surface area contributed by atoms with Crippen molar-refractivity contribution in [3.05, 3.63) is 36.0 Å². The fourth-order valence-electron chi connectivity index (χ4n) is 1.78. The summed E-state index contributed by atoms with van der Waals surface area (Å²) >= 11 is 0. The zero-order chi connectivity index (χ0) is 7.68. The summed E-state index contributed by atoms with van der Waals surface area (Å²) in [6.07, 6.45) is 13.2. The van der Waals surface area contributed by atoms with E-state index < -0.39 is 0 Å². The predicted octanol–water partition coefficient (Wildman–Crippen LogP) is 1.78. The Morgan fingerprint density at radius 2 is 2.27 bits per heavy atom. The van der Waals surface area contributed by atoms with E-state index in [1.807, 2.05) is 0 Å². The van der Waals surface area contributed by atoms with Gasteiger partial charge in [-0.15, -0.1) is 0 Å². The minimum atomic E-state index is 0.214. The Balaban J connectivity index is 2.29. The molecule has 0 amide bonds. The van der Waals surface area contributed by atoms with Gasteiger partial charge in [0.2, 0.25) is 0 Å². The first-order valence-electron chi connectivity index (χ1n) is 4.17. The maximum Gasteiger partial charge on any atom is 0.0328 e. The highest BCUT2D eigenvalue weighted by Crippen LogP contribution is 2.28. The van der Waals surface area contributed by atoms with Gasteiger partial charge in [-0.3, -0.25) is 0 Å². The molecule has 0 fully saturated rings. The topological polar surface area (TPSA) is 26.0 Å². The zero-order valence-corrected chi connectivity index (χ0v) is 6.53. The molecule has 0 aromatic rings. The van der Waals surface area contributed by atoms with Crippen LogP contribution in [0, 0.1) is 5.92 Å². The van der Waals surface area contributed by atoms with Crippen molar-refractivity contribution < 1.29 is 0 Å². The molecule has 2 N–H and O–H groups in total. The Bertz CT molecular complexity index is 235. The molecule has 2 rings (SSSR count). The van der Waals surface area contributed by atoms with E-state index in [4.69, 9.17) is 5.73 Å². The lowest BCUT2D eigenvalue weighted by Crippen LogP contribution is -2.30. The van der Waals surface area contributed by atoms with Crippen LogP contribution in [0.4, 0.5) is 0 Å². The standard InChI is InChI=1S/C10H13N/c11-10-7-3-5-8-4-1-2-6-9(8)10/h2-3,5-7,9-10H,1,4,11H2. The Hall–Kier alpha value is -0.820. The van der Waals surface area contributed by atoms with Crippen molar-refractivity contribution in [3.63, 3.8) is 0 Å². The number of nitrogens with two attached hydrogens (primary N) is 1. The van der Waals surface area contributed by atoms with Gasteiger partial charge in [-0.25, -0.2) is 0 Å². The maximum absolute atomic E-state index is 5.91. The molecule has 2 aliphatic rings. The van der Waals surface area contributed by atoms with Crippen molar-refractivity contribution in [2.24, 2.45) is 11.7 Å². The van der Waals surface area contributed by atoms with E-state index >= 15 is 0 Å². The summed E-state index contributed by atoms with van der Waals surface area (Å²) in [5.74, 6) is 0.494. The summed E-state index contributed by atoms with van der Waals surface area (Å²) in [6, 6.07) is 0.214. The Morgan fingerprint density at radius 1 is 1.36 bits per heavy atom. The van der Waals surface area contributed by atoms with E-state index in [-0.39, 0.29) is 6.04 Å². The van der Waals surface area contributed by atoms with Crippen LogP contribution < -0.4 is 5.73 Å². The van der Waals surface area contributed by atoms with Gasteiger partial charge in [0.1, 0.15) is 0 Å². The molecule has 0 aromatic heterocycles. The molecule has 0 saturated heterocycles. The third-order valence-electron chi connectivity index (χ3n) is 2.43. The molecule has 0 aliphatic heterocycles. The van der Waals surface area contributed by atoms with E-state index in [1.165, 1.54) is 18.4 Å². The van der Waals surface area contributed by atoms with Gasteiger partial charge in [0.15, 0.2) is 0 Å². The van der Waals surface area contributed by atoms with Crippen molar-refractivity contribution in [2.45, 2.75) is 18.9 Å². The molecule has 0 radical (unpaired) electrons. The summed E-state index contributed by atoms with van der Waals surface area (Å²) in [4.78, 5) is 0. The predicted molar refractivity (Wildman–Crippen MR) is 47.1 cm³/mol. The van der Waals surface area contributed by atoms with Crippen LogP contribution in [-0.2, 0) is 0 Å². The lowest BCUT2D eigenvalue weighted by Gasteiger charge is -2.26. The molecule has 0 saturated carbocycles. The van der Waals surface area contributed by atoms with Crippen LogP contribution in [0.5, 0.6) is 0 Å². The molecule has 11 heavy (non-hydrogen) atoms. The lowest BCUT2D eigenvalue weighted by atomic mass is 9.82. The third-order valence-corrected chi connectivity index (χ3v) is 2.43. The summed E-state index contributed by atoms with van der Waals surface area (Å²) in [5, 5.41) is 0. The summed E-state index contributed by atoms with van der Waals surface area (Å²) in [6.45, 7) is 0. The SMILES string of the molecule is NC1C=CC=C2CCC=CC21. The van der Waals surface area contributed by atoms with Crippen LogP contribution >= 0.6 is 0 Å². The maximum atomic E-state index is 5.91. The molecule has 2 unspecified atom stereocenters. The van der Waals surface area contributed by atoms with Gasteiger partial charge in [-0.05, 0) is 12.8 Å². The number of hydrogen-bond acceptors (Lipinski definition) is 1. The van der Waals surface area contributed by atoms with Crippen LogP contribution in [-0.4, -0.2) is 6.04 Å². The highest BCUT2D eigenvalue weighted by molar-refractivity contribution is 5.31. The molecular weight excluding hydrogens is 134 g/mol. The average molecular weight is 147 g/mol. The second-order valence-electron chi connectivity index (χ2n) is 3.20. The smallest absolute Gasteiger partial charge is 0.0328 e. The van der Waals surface area contributed by atoms with Crippen molar-refractivity contribution >= 4 is 0 Å². The molecule has 0 spiro atoms. The van der Waals surface area contributed by atoms with Crippen molar-refractivity contribution in [3.8, 4) is 0 Å². The van der Waals surface area contributed by atoms with Gasteiger partial charge in [0.25, 0.3) is 0 Å². The first-order valence-corrected chi connectivity index (χ1v) is 4.17. The Morgan fingerprint density at radius 3 is 3.09 bits per heavy atom. The van der Waals surface area contributed by atoms with E-state index in [1.54, 1.807) is 0 Å². The second-order valence-corrected chi connectivity index (χ2v) is 3.20. The summed E-state index contributed by atoms with van der Waals surface area (Å²) in [7, 11) is 0. The first kappa shape index (κ1) is 6.86. The van der Waals surface area contributed by atoms with E-state index in [0.717, 1.165) is 0 Å². The number of hydrogen-bond donors (Lipinski definition) is 1. The minimum Gasteiger partial charge on any atom is -0.324 e. The third kappa shape index (κ3) is 1.16. The highest BCUT2D eigenvalue weighted by Gasteiger charge is 2.20. The number of allylic oxidation sites excluding steroid dienone is 3. The van der Waals surface area contributed by atoms with Gasteiger partial charge in [0.05, 0.1) is 0 Å². The number of fused-ring (bicyclic) bond motifs is 1. The summed E-state index contributed by atoms with van der Waals surface area (Å²) < 4.78 is 0.